The van der Waals surface area contributed by atoms with E-state index in [1.807, 2.05) is 0 Å². The Balaban J connectivity index is 0.000000198. The lowest BCUT2D eigenvalue weighted by Crippen LogP contribution is -2.43. The van der Waals surface area contributed by atoms with Crippen molar-refractivity contribution in [2.24, 2.45) is 11.8 Å². The predicted octanol–water partition coefficient (Wildman–Crippen LogP) is 7.48. The summed E-state index contributed by atoms with van der Waals surface area (Å²) in [5, 5.41) is 3.08. The molecule has 2 heterocycles. The second-order valence-electron chi connectivity index (χ2n) is 11.8. The van der Waals surface area contributed by atoms with Crippen molar-refractivity contribution in [1.82, 2.24) is 9.62 Å². The van der Waals surface area contributed by atoms with Crippen molar-refractivity contribution in [1.29, 1.82) is 0 Å². The monoisotopic (exact) mass is 830 g/mol. The molecule has 0 spiro atoms. The van der Waals surface area contributed by atoms with Gasteiger partial charge in [-0.1, -0.05) is 59.6 Å². The van der Waals surface area contributed by atoms with Crippen molar-refractivity contribution in [2.75, 3.05) is 26.2 Å². The summed E-state index contributed by atoms with van der Waals surface area (Å²) in [6, 6.07) is 23.6. The molecular formula is C36H35Cl3F2N2O8S2. The molecule has 4 aromatic rings. The Labute approximate surface area is 321 Å². The molecule has 2 saturated heterocycles. The molecule has 10 nitrogen and oxygen atoms in total. The van der Waals surface area contributed by atoms with E-state index in [9.17, 15) is 35.2 Å². The van der Waals surface area contributed by atoms with Gasteiger partial charge in [-0.25, -0.2) is 25.6 Å². The maximum atomic E-state index is 13.5. The van der Waals surface area contributed by atoms with E-state index < -0.39 is 42.6 Å². The van der Waals surface area contributed by atoms with Crippen LogP contribution in [0.3, 0.4) is 0 Å². The first kappa shape index (κ1) is 42.1. The lowest BCUT2D eigenvalue weighted by Gasteiger charge is -2.30. The van der Waals surface area contributed by atoms with E-state index in [2.05, 4.69) is 5.32 Å². The molecule has 0 amide bonds. The molecule has 284 valence electrons. The second-order valence-corrected chi connectivity index (χ2v) is 17.1. The molecule has 0 aliphatic carbocycles. The quantitative estimate of drug-likeness (QED) is 0.114. The van der Waals surface area contributed by atoms with E-state index in [1.165, 1.54) is 52.8 Å². The third-order valence-corrected chi connectivity index (χ3v) is 11.8. The number of sulfonamides is 1. The maximum Gasteiger partial charge on any atom is 0.315 e. The summed E-state index contributed by atoms with van der Waals surface area (Å²) in [5.41, 5.74) is 0. The number of hydrogen-bond acceptors (Lipinski definition) is 9. The van der Waals surface area contributed by atoms with Gasteiger partial charge < -0.3 is 14.8 Å². The van der Waals surface area contributed by atoms with Gasteiger partial charge in [0.1, 0.15) is 23.1 Å². The van der Waals surface area contributed by atoms with Crippen molar-refractivity contribution >= 4 is 64.9 Å². The molecule has 0 bridgehead atoms. The summed E-state index contributed by atoms with van der Waals surface area (Å²) in [6.07, 6.45) is 2.81. The number of hydrogen-bond donors (Lipinski definition) is 1. The van der Waals surface area contributed by atoms with E-state index in [-0.39, 0.29) is 49.8 Å². The van der Waals surface area contributed by atoms with Crippen LogP contribution in [-0.4, -0.2) is 59.3 Å². The number of ether oxygens (including phenoxy) is 2. The highest BCUT2D eigenvalue weighted by Gasteiger charge is 2.34. The van der Waals surface area contributed by atoms with Gasteiger partial charge in [-0.3, -0.25) is 9.59 Å². The third kappa shape index (κ3) is 12.7. The molecule has 6 rings (SSSR count). The van der Waals surface area contributed by atoms with Crippen LogP contribution in [0, 0.1) is 23.5 Å². The number of benzene rings is 4. The van der Waals surface area contributed by atoms with Crippen LogP contribution in [0.4, 0.5) is 8.78 Å². The SMILES string of the molecule is O=C(Oc1ccc(Cl)c(F)c1)[C@H]1CCCN(S(=O)(=O)c2ccccc2)C1.O=C(Oc1ccc(Cl)c(F)c1)[C@H]1CCCNC1.O=S(=O)(Cl)c1ccccc1. The van der Waals surface area contributed by atoms with Gasteiger partial charge in [-0.2, -0.15) is 4.31 Å². The van der Waals surface area contributed by atoms with Crippen molar-refractivity contribution in [3.8, 4) is 11.5 Å². The maximum absolute atomic E-state index is 13.5. The smallest absolute Gasteiger partial charge is 0.315 e. The summed E-state index contributed by atoms with van der Waals surface area (Å²) in [5.74, 6) is -2.70. The largest absolute Gasteiger partial charge is 0.426 e. The van der Waals surface area contributed by atoms with Crippen molar-refractivity contribution < 1.29 is 44.7 Å². The number of carbonyl (C=O) groups is 2. The molecule has 2 aliphatic heterocycles. The first-order valence-electron chi connectivity index (χ1n) is 16.2. The lowest BCUT2D eigenvalue weighted by atomic mass is 10.00. The number of rotatable bonds is 7. The highest BCUT2D eigenvalue weighted by atomic mass is 35.7. The first-order chi connectivity index (χ1) is 25.1. The molecule has 0 radical (unpaired) electrons. The minimum Gasteiger partial charge on any atom is -0.426 e. The van der Waals surface area contributed by atoms with Gasteiger partial charge in [0.15, 0.2) is 0 Å². The number of nitrogens with zero attached hydrogens (tertiary/aromatic N) is 1. The average molecular weight is 832 g/mol. The van der Waals surface area contributed by atoms with Crippen molar-refractivity contribution in [3.05, 3.63) is 119 Å². The molecule has 0 unspecified atom stereocenters. The van der Waals surface area contributed by atoms with Crippen LogP contribution in [0.1, 0.15) is 25.7 Å². The summed E-state index contributed by atoms with van der Waals surface area (Å²) < 4.78 is 84.8. The fourth-order valence-corrected chi connectivity index (χ4v) is 7.78. The summed E-state index contributed by atoms with van der Waals surface area (Å²) in [6.45, 7) is 1.93. The standard InChI is InChI=1S/C18H17ClFNO4S.C12H13ClFNO2.C6H5ClO2S/c19-16-9-8-14(11-17(16)20)25-18(22)13-5-4-10-21(12-13)26(23,24)15-6-2-1-3-7-15;13-10-4-3-9(6-11(10)14)17-12(16)8-2-1-5-15-7-8;7-10(8,9)6-4-2-1-3-5-6/h1-3,6-9,11,13H,4-5,10,12H2;3-4,6,8,15H,1-2,5,7H2;1-5H/t13-;8-;/m00./s1. The van der Waals surface area contributed by atoms with Gasteiger partial charge in [0.2, 0.25) is 10.0 Å². The molecule has 2 fully saturated rings. The van der Waals surface area contributed by atoms with Gasteiger partial charge in [0.25, 0.3) is 9.05 Å². The average Bonchev–Trinajstić information content (AvgIpc) is 3.16. The number of nitrogens with one attached hydrogen (secondary N) is 1. The zero-order valence-corrected chi connectivity index (χ0v) is 31.9. The van der Waals surface area contributed by atoms with Gasteiger partial charge >= 0.3 is 11.9 Å². The molecule has 2 aliphatic rings. The highest BCUT2D eigenvalue weighted by molar-refractivity contribution is 8.13. The van der Waals surface area contributed by atoms with Crippen LogP contribution in [-0.2, 0) is 28.7 Å². The van der Waals surface area contributed by atoms with Gasteiger partial charge in [0, 0.05) is 42.4 Å². The molecule has 0 aromatic heterocycles. The number of halogens is 5. The second kappa shape index (κ2) is 19.6. The Morgan fingerprint density at radius 1 is 0.698 bits per heavy atom. The number of carbonyl (C=O) groups excluding carboxylic acids is 2. The normalized spacial score (nSPS) is 17.6. The molecule has 17 heteroatoms. The van der Waals surface area contributed by atoms with Crippen molar-refractivity contribution in [3.63, 3.8) is 0 Å². The Hall–Kier alpha value is -3.63. The number of piperidine rings is 2. The van der Waals surface area contributed by atoms with Crippen LogP contribution >= 0.6 is 33.9 Å². The molecular weight excluding hydrogens is 797 g/mol. The zero-order valence-electron chi connectivity index (χ0n) is 28.0. The summed E-state index contributed by atoms with van der Waals surface area (Å²) in [7, 11) is -2.17. The van der Waals surface area contributed by atoms with Crippen LogP contribution < -0.4 is 14.8 Å². The Morgan fingerprint density at radius 2 is 1.19 bits per heavy atom. The van der Waals surface area contributed by atoms with E-state index in [0.29, 0.717) is 25.9 Å². The Bertz CT molecular complexity index is 2080. The topological polar surface area (TPSA) is 136 Å². The summed E-state index contributed by atoms with van der Waals surface area (Å²) >= 11 is 11.1. The van der Waals surface area contributed by atoms with Gasteiger partial charge in [-0.05, 0) is 80.8 Å². The molecule has 4 aromatic carbocycles. The highest BCUT2D eigenvalue weighted by Crippen LogP contribution is 2.27. The van der Waals surface area contributed by atoms with Crippen LogP contribution in [0.25, 0.3) is 0 Å². The van der Waals surface area contributed by atoms with E-state index in [1.54, 1.807) is 36.4 Å². The minimum atomic E-state index is -3.67. The van der Waals surface area contributed by atoms with Crippen molar-refractivity contribution in [2.45, 2.75) is 35.5 Å². The first-order valence-corrected chi connectivity index (χ1v) is 20.7. The van der Waals surface area contributed by atoms with E-state index >= 15 is 0 Å². The molecule has 1 N–H and O–H groups in total. The zero-order chi connectivity index (χ0) is 38.6. The fraction of sp³-hybridized carbons (Fsp3) is 0.278. The summed E-state index contributed by atoms with van der Waals surface area (Å²) in [4.78, 5) is 24.4. The Kier molecular flexibility index (Phi) is 15.6. The molecule has 2 atom stereocenters. The minimum absolute atomic E-state index is 0.0177. The van der Waals surface area contributed by atoms with Crippen LogP contribution in [0.15, 0.2) is 107 Å². The lowest BCUT2D eigenvalue weighted by molar-refractivity contribution is -0.140. The van der Waals surface area contributed by atoms with Crippen LogP contribution in [0.2, 0.25) is 10.0 Å². The van der Waals surface area contributed by atoms with Gasteiger partial charge in [0.05, 0.1) is 31.7 Å². The number of esters is 2. The Morgan fingerprint density at radius 3 is 1.64 bits per heavy atom. The van der Waals surface area contributed by atoms with E-state index in [4.69, 9.17) is 43.4 Å². The van der Waals surface area contributed by atoms with Gasteiger partial charge in [-0.15, -0.1) is 0 Å². The predicted molar refractivity (Wildman–Crippen MR) is 197 cm³/mol. The molecule has 53 heavy (non-hydrogen) atoms. The molecule has 0 saturated carbocycles. The fourth-order valence-electron chi connectivity index (χ4n) is 5.21. The van der Waals surface area contributed by atoms with E-state index in [0.717, 1.165) is 31.5 Å². The third-order valence-electron chi connectivity index (χ3n) is 7.97. The van der Waals surface area contributed by atoms with Crippen LogP contribution in [0.5, 0.6) is 11.5 Å².